The molecule has 2 atom stereocenters. The number of rotatable bonds is 6. The zero-order chi connectivity index (χ0) is 12.0. The first-order valence-electron chi connectivity index (χ1n) is 6.96. The van der Waals surface area contributed by atoms with Crippen LogP contribution in [0.1, 0.15) is 52.4 Å². The zero-order valence-electron chi connectivity index (χ0n) is 11.5. The molecule has 0 aromatic carbocycles. The second kappa shape index (κ2) is 7.29. The minimum absolute atomic E-state index is 0.383. The van der Waals surface area contributed by atoms with Gasteiger partial charge in [-0.3, -0.25) is 0 Å². The van der Waals surface area contributed by atoms with Crippen molar-refractivity contribution in [2.24, 2.45) is 11.8 Å². The van der Waals surface area contributed by atoms with Gasteiger partial charge in [-0.15, -0.1) is 0 Å². The maximum absolute atomic E-state index is 5.60. The van der Waals surface area contributed by atoms with E-state index in [-0.39, 0.29) is 0 Å². The van der Waals surface area contributed by atoms with Crippen LogP contribution in [0.25, 0.3) is 0 Å². The minimum Gasteiger partial charge on any atom is -0.380 e. The molecule has 0 aromatic rings. The van der Waals surface area contributed by atoms with Crippen LogP contribution in [-0.2, 0) is 4.74 Å². The topological polar surface area (TPSA) is 21.3 Å². The Morgan fingerprint density at radius 3 is 2.19 bits per heavy atom. The smallest absolute Gasteiger partial charge is 0.0724 e. The highest BCUT2D eigenvalue weighted by atomic mass is 16.5. The fourth-order valence-corrected chi connectivity index (χ4v) is 3.25. The van der Waals surface area contributed by atoms with Gasteiger partial charge in [0.05, 0.1) is 6.10 Å². The summed E-state index contributed by atoms with van der Waals surface area (Å²) < 4.78 is 5.60. The number of ether oxygens (including phenoxy) is 1. The van der Waals surface area contributed by atoms with Crippen molar-refractivity contribution in [3.8, 4) is 0 Å². The molecule has 2 nitrogen and oxygen atoms in total. The maximum atomic E-state index is 5.60. The largest absolute Gasteiger partial charge is 0.380 e. The van der Waals surface area contributed by atoms with Crippen LogP contribution in [0, 0.1) is 11.8 Å². The molecule has 2 unspecified atom stereocenters. The Kier molecular flexibility index (Phi) is 6.37. The summed E-state index contributed by atoms with van der Waals surface area (Å²) in [4.78, 5) is 0. The lowest BCUT2D eigenvalue weighted by Gasteiger charge is -2.37. The second-order valence-corrected chi connectivity index (χ2v) is 5.19. The van der Waals surface area contributed by atoms with Crippen LogP contribution in [0.2, 0.25) is 0 Å². The lowest BCUT2D eigenvalue weighted by atomic mass is 9.76. The Morgan fingerprint density at radius 1 is 1.19 bits per heavy atom. The summed E-state index contributed by atoms with van der Waals surface area (Å²) in [6.45, 7) is 4.54. The van der Waals surface area contributed by atoms with Crippen molar-refractivity contribution in [3.63, 3.8) is 0 Å². The third kappa shape index (κ3) is 3.46. The summed E-state index contributed by atoms with van der Waals surface area (Å²) in [5, 5.41) is 3.48. The molecule has 0 saturated heterocycles. The molecule has 0 radical (unpaired) electrons. The van der Waals surface area contributed by atoms with E-state index in [1.165, 1.54) is 32.1 Å². The van der Waals surface area contributed by atoms with Crippen molar-refractivity contribution >= 4 is 0 Å². The summed E-state index contributed by atoms with van der Waals surface area (Å²) in [6, 6.07) is 0.549. The molecule has 1 fully saturated rings. The molecule has 1 saturated carbocycles. The monoisotopic (exact) mass is 227 g/mol. The SMILES string of the molecule is CCC1CCC(C(NC)C(CC)OC)CC1. The molecule has 1 aliphatic rings. The van der Waals surface area contributed by atoms with E-state index in [4.69, 9.17) is 4.74 Å². The summed E-state index contributed by atoms with van der Waals surface area (Å²) in [7, 11) is 3.93. The van der Waals surface area contributed by atoms with Gasteiger partial charge < -0.3 is 10.1 Å². The van der Waals surface area contributed by atoms with Gasteiger partial charge in [-0.25, -0.2) is 0 Å². The molecule has 1 rings (SSSR count). The molecule has 0 bridgehead atoms. The molecule has 2 heteroatoms. The molecule has 0 aliphatic heterocycles. The molecule has 16 heavy (non-hydrogen) atoms. The Hall–Kier alpha value is -0.0800. The molecular weight excluding hydrogens is 198 g/mol. The highest BCUT2D eigenvalue weighted by molar-refractivity contribution is 4.85. The fourth-order valence-electron chi connectivity index (χ4n) is 3.25. The van der Waals surface area contributed by atoms with Gasteiger partial charge in [0.2, 0.25) is 0 Å². The van der Waals surface area contributed by atoms with Gasteiger partial charge in [-0.1, -0.05) is 33.1 Å². The van der Waals surface area contributed by atoms with Gasteiger partial charge in [0, 0.05) is 13.2 Å². The first-order chi connectivity index (χ1) is 7.76. The van der Waals surface area contributed by atoms with E-state index in [1.807, 2.05) is 7.11 Å². The van der Waals surface area contributed by atoms with E-state index in [9.17, 15) is 0 Å². The first kappa shape index (κ1) is 14.0. The molecule has 0 aromatic heterocycles. The van der Waals surface area contributed by atoms with Crippen LogP contribution >= 0.6 is 0 Å². The fraction of sp³-hybridized carbons (Fsp3) is 1.00. The zero-order valence-corrected chi connectivity index (χ0v) is 11.5. The van der Waals surface area contributed by atoms with E-state index < -0.39 is 0 Å². The number of hydrogen-bond donors (Lipinski definition) is 1. The van der Waals surface area contributed by atoms with Crippen LogP contribution in [0.4, 0.5) is 0 Å². The summed E-state index contributed by atoms with van der Waals surface area (Å²) in [6.07, 6.45) is 8.44. The standard InChI is InChI=1S/C14H29NO/c1-5-11-7-9-12(10-8-11)14(15-3)13(6-2)16-4/h11-15H,5-10H2,1-4H3. The van der Waals surface area contributed by atoms with Gasteiger partial charge in [0.1, 0.15) is 0 Å². The van der Waals surface area contributed by atoms with E-state index in [2.05, 4.69) is 26.2 Å². The Morgan fingerprint density at radius 2 is 1.81 bits per heavy atom. The number of methoxy groups -OCH3 is 1. The third-order valence-electron chi connectivity index (χ3n) is 4.42. The van der Waals surface area contributed by atoms with Crippen molar-refractivity contribution in [3.05, 3.63) is 0 Å². The predicted molar refractivity (Wildman–Crippen MR) is 69.7 cm³/mol. The highest BCUT2D eigenvalue weighted by Gasteiger charge is 2.30. The number of likely N-dealkylation sites (N-methyl/N-ethyl adjacent to an activating group) is 1. The van der Waals surface area contributed by atoms with Gasteiger partial charge in [0.25, 0.3) is 0 Å². The molecule has 96 valence electrons. The van der Waals surface area contributed by atoms with Crippen LogP contribution in [0.3, 0.4) is 0 Å². The van der Waals surface area contributed by atoms with Crippen molar-refractivity contribution in [2.75, 3.05) is 14.2 Å². The third-order valence-corrected chi connectivity index (χ3v) is 4.42. The van der Waals surface area contributed by atoms with Gasteiger partial charge >= 0.3 is 0 Å². The van der Waals surface area contributed by atoms with Gasteiger partial charge in [-0.05, 0) is 38.1 Å². The summed E-state index contributed by atoms with van der Waals surface area (Å²) in [5.74, 6) is 1.80. The summed E-state index contributed by atoms with van der Waals surface area (Å²) in [5.41, 5.74) is 0. The lowest BCUT2D eigenvalue weighted by molar-refractivity contribution is 0.0358. The molecular formula is C14H29NO. The molecule has 1 aliphatic carbocycles. The molecule has 0 amide bonds. The maximum Gasteiger partial charge on any atom is 0.0724 e. The molecule has 0 heterocycles. The highest BCUT2D eigenvalue weighted by Crippen LogP contribution is 2.33. The Bertz CT molecular complexity index is 172. The van der Waals surface area contributed by atoms with Crippen LogP contribution in [0.15, 0.2) is 0 Å². The molecule has 1 N–H and O–H groups in total. The van der Waals surface area contributed by atoms with Crippen molar-refractivity contribution in [2.45, 2.75) is 64.5 Å². The van der Waals surface area contributed by atoms with Crippen LogP contribution < -0.4 is 5.32 Å². The van der Waals surface area contributed by atoms with Crippen LogP contribution in [-0.4, -0.2) is 26.3 Å². The van der Waals surface area contributed by atoms with E-state index in [0.29, 0.717) is 12.1 Å². The second-order valence-electron chi connectivity index (χ2n) is 5.19. The minimum atomic E-state index is 0.383. The van der Waals surface area contributed by atoms with Crippen molar-refractivity contribution in [1.82, 2.24) is 5.32 Å². The van der Waals surface area contributed by atoms with E-state index >= 15 is 0 Å². The normalized spacial score (nSPS) is 30.0. The van der Waals surface area contributed by atoms with Crippen molar-refractivity contribution < 1.29 is 4.74 Å². The predicted octanol–water partition coefficient (Wildman–Crippen LogP) is 3.22. The molecule has 0 spiro atoms. The Labute approximate surface area is 101 Å². The number of nitrogens with one attached hydrogen (secondary N) is 1. The van der Waals surface area contributed by atoms with Crippen molar-refractivity contribution in [1.29, 1.82) is 0 Å². The lowest BCUT2D eigenvalue weighted by Crippen LogP contribution is -2.45. The average molecular weight is 227 g/mol. The first-order valence-corrected chi connectivity index (χ1v) is 6.96. The quantitative estimate of drug-likeness (QED) is 0.752. The Balaban J connectivity index is 2.48. The number of hydrogen-bond acceptors (Lipinski definition) is 2. The van der Waals surface area contributed by atoms with Crippen LogP contribution in [0.5, 0.6) is 0 Å². The average Bonchev–Trinajstić information content (AvgIpc) is 2.36. The van der Waals surface area contributed by atoms with E-state index in [1.54, 1.807) is 0 Å². The van der Waals surface area contributed by atoms with Gasteiger partial charge in [-0.2, -0.15) is 0 Å². The summed E-state index contributed by atoms with van der Waals surface area (Å²) >= 11 is 0. The van der Waals surface area contributed by atoms with E-state index in [0.717, 1.165) is 18.3 Å². The van der Waals surface area contributed by atoms with Gasteiger partial charge in [0.15, 0.2) is 0 Å².